The zero-order valence-electron chi connectivity index (χ0n) is 21.9. The molecule has 0 spiro atoms. The van der Waals surface area contributed by atoms with Crippen molar-refractivity contribution in [2.75, 3.05) is 27.3 Å². The number of aromatic hydroxyl groups is 1. The molecule has 198 valence electrons. The van der Waals surface area contributed by atoms with Gasteiger partial charge in [0.2, 0.25) is 5.91 Å². The van der Waals surface area contributed by atoms with E-state index < -0.39 is 0 Å². The average Bonchev–Trinajstić information content (AvgIpc) is 2.89. The Hall–Kier alpha value is -3.55. The predicted molar refractivity (Wildman–Crippen MR) is 145 cm³/mol. The Bertz CT molecular complexity index is 1160. The lowest BCUT2D eigenvalue weighted by Gasteiger charge is -2.15. The zero-order valence-corrected chi connectivity index (χ0v) is 21.9. The lowest BCUT2D eigenvalue weighted by Crippen LogP contribution is -2.30. The lowest BCUT2D eigenvalue weighted by atomic mass is 10.0. The highest BCUT2D eigenvalue weighted by Gasteiger charge is 2.09. The number of ether oxygens (including phenoxy) is 2. The van der Waals surface area contributed by atoms with Gasteiger partial charge in [-0.05, 0) is 79.3 Å². The monoisotopic (exact) mass is 506 g/mol. The van der Waals surface area contributed by atoms with E-state index in [1.54, 1.807) is 20.3 Å². The number of benzene rings is 3. The summed E-state index contributed by atoms with van der Waals surface area (Å²) in [6, 6.07) is 19.6. The maximum Gasteiger partial charge on any atom is 0.224 e. The summed E-state index contributed by atoms with van der Waals surface area (Å²) in [7, 11) is 3.22. The van der Waals surface area contributed by atoms with Crippen LogP contribution in [0.1, 0.15) is 34.7 Å². The second-order valence-electron chi connectivity index (χ2n) is 9.22. The number of carbonyl (C=O) groups is 1. The first-order valence-corrected chi connectivity index (χ1v) is 12.6. The number of carbonyl (C=O) groups excluding carboxylic acids is 1. The third-order valence-corrected chi connectivity index (χ3v) is 6.30. The van der Waals surface area contributed by atoms with Gasteiger partial charge >= 0.3 is 0 Å². The molecule has 0 heterocycles. The first-order chi connectivity index (χ1) is 17.9. The minimum absolute atomic E-state index is 0.0000495. The van der Waals surface area contributed by atoms with Gasteiger partial charge in [0, 0.05) is 18.2 Å². The molecule has 3 rings (SSSR count). The van der Waals surface area contributed by atoms with Gasteiger partial charge in [-0.15, -0.1) is 0 Å². The summed E-state index contributed by atoms with van der Waals surface area (Å²) in [6.07, 6.45) is 2.71. The molecule has 7 nitrogen and oxygen atoms in total. The first kappa shape index (κ1) is 28.0. The number of methoxy groups -OCH3 is 2. The van der Waals surface area contributed by atoms with Crippen molar-refractivity contribution in [3.63, 3.8) is 0 Å². The van der Waals surface area contributed by atoms with Gasteiger partial charge in [0.15, 0.2) is 11.5 Å². The van der Waals surface area contributed by atoms with E-state index in [-0.39, 0.29) is 24.3 Å². The van der Waals surface area contributed by atoms with Crippen LogP contribution in [0.3, 0.4) is 0 Å². The van der Waals surface area contributed by atoms with Crippen LogP contribution in [0.5, 0.6) is 17.2 Å². The maximum absolute atomic E-state index is 12.5. The largest absolute Gasteiger partial charge is 0.508 e. The number of phenols is 1. The number of aliphatic hydroxyl groups is 1. The quantitative estimate of drug-likeness (QED) is 0.267. The summed E-state index contributed by atoms with van der Waals surface area (Å²) in [6.45, 7) is 3.31. The average molecular weight is 507 g/mol. The van der Waals surface area contributed by atoms with E-state index in [0.717, 1.165) is 36.1 Å². The Morgan fingerprint density at radius 1 is 0.865 bits per heavy atom. The summed E-state index contributed by atoms with van der Waals surface area (Å²) in [5.41, 5.74) is 4.87. The number of hydrogen-bond acceptors (Lipinski definition) is 6. The van der Waals surface area contributed by atoms with Crippen LogP contribution in [0, 0.1) is 0 Å². The molecule has 0 radical (unpaired) electrons. The molecule has 1 amide bonds. The second-order valence-corrected chi connectivity index (χ2v) is 9.22. The number of hydrogen-bond donors (Lipinski definition) is 4. The molecule has 4 N–H and O–H groups in total. The van der Waals surface area contributed by atoms with Gasteiger partial charge in [-0.1, -0.05) is 36.4 Å². The summed E-state index contributed by atoms with van der Waals surface area (Å²) >= 11 is 0. The van der Waals surface area contributed by atoms with E-state index in [4.69, 9.17) is 9.47 Å². The molecule has 0 fully saturated rings. The van der Waals surface area contributed by atoms with Crippen LogP contribution in [-0.2, 0) is 37.1 Å². The summed E-state index contributed by atoms with van der Waals surface area (Å²) in [4.78, 5) is 12.5. The first-order valence-electron chi connectivity index (χ1n) is 12.6. The lowest BCUT2D eigenvalue weighted by molar-refractivity contribution is -0.120. The molecule has 1 atom stereocenters. The fourth-order valence-corrected chi connectivity index (χ4v) is 4.31. The maximum atomic E-state index is 12.5. The van der Waals surface area contributed by atoms with Crippen molar-refractivity contribution in [1.29, 1.82) is 0 Å². The normalized spacial score (nSPS) is 11.7. The van der Waals surface area contributed by atoms with Gasteiger partial charge in [-0.25, -0.2) is 0 Å². The van der Waals surface area contributed by atoms with Crippen LogP contribution in [0.25, 0.3) is 0 Å². The van der Waals surface area contributed by atoms with Crippen molar-refractivity contribution >= 4 is 5.91 Å². The van der Waals surface area contributed by atoms with E-state index in [1.165, 1.54) is 5.56 Å². The number of amides is 1. The number of aliphatic hydroxyl groups excluding tert-OH is 1. The Morgan fingerprint density at radius 3 is 2.32 bits per heavy atom. The smallest absolute Gasteiger partial charge is 0.224 e. The van der Waals surface area contributed by atoms with Crippen molar-refractivity contribution in [2.24, 2.45) is 0 Å². The highest BCUT2D eigenvalue weighted by Crippen LogP contribution is 2.27. The van der Waals surface area contributed by atoms with E-state index in [1.807, 2.05) is 42.5 Å². The van der Waals surface area contributed by atoms with Crippen LogP contribution < -0.4 is 20.1 Å². The molecule has 0 saturated heterocycles. The highest BCUT2D eigenvalue weighted by atomic mass is 16.5. The molecule has 37 heavy (non-hydrogen) atoms. The van der Waals surface area contributed by atoms with Gasteiger partial charge < -0.3 is 30.3 Å². The minimum atomic E-state index is -0.171. The Morgan fingerprint density at radius 2 is 1.57 bits per heavy atom. The van der Waals surface area contributed by atoms with E-state index in [2.05, 4.69) is 29.7 Å². The predicted octanol–water partition coefficient (Wildman–Crippen LogP) is 3.57. The molecule has 1 unspecified atom stereocenters. The molecule has 7 heteroatoms. The van der Waals surface area contributed by atoms with Gasteiger partial charge in [0.1, 0.15) is 5.75 Å². The molecule has 0 bridgehead atoms. The van der Waals surface area contributed by atoms with Crippen LogP contribution >= 0.6 is 0 Å². The third kappa shape index (κ3) is 8.81. The molecule has 3 aromatic carbocycles. The van der Waals surface area contributed by atoms with Gasteiger partial charge in [-0.2, -0.15) is 0 Å². The van der Waals surface area contributed by atoms with Crippen molar-refractivity contribution in [2.45, 2.75) is 45.3 Å². The molecule has 3 aromatic rings. The molecule has 0 aliphatic carbocycles. The summed E-state index contributed by atoms with van der Waals surface area (Å²) < 4.78 is 10.6. The molecule has 0 aliphatic heterocycles. The summed E-state index contributed by atoms with van der Waals surface area (Å²) in [5, 5.41) is 25.6. The molecular formula is C30H38N2O5. The molecular weight excluding hydrogens is 468 g/mol. The highest BCUT2D eigenvalue weighted by molar-refractivity contribution is 5.78. The fraction of sp³-hybridized carbons (Fsp3) is 0.367. The van der Waals surface area contributed by atoms with Gasteiger partial charge in [-0.3, -0.25) is 4.79 Å². The summed E-state index contributed by atoms with van der Waals surface area (Å²) in [5.74, 6) is 1.50. The van der Waals surface area contributed by atoms with E-state index in [0.29, 0.717) is 36.4 Å². The topological polar surface area (TPSA) is 100 Å². The minimum Gasteiger partial charge on any atom is -0.508 e. The van der Waals surface area contributed by atoms with Crippen LogP contribution in [0.15, 0.2) is 60.7 Å². The molecule has 0 saturated carbocycles. The number of nitrogens with one attached hydrogen (secondary N) is 2. The second kappa shape index (κ2) is 14.3. The SMILES string of the molecule is COc1ccc(CCNC(=O)Cc2cccc(CC(C)NCCc3ccc(O)c(CO)c3)c2)cc1OC. The van der Waals surface area contributed by atoms with Gasteiger partial charge in [0.25, 0.3) is 0 Å². The standard InChI is InChI=1S/C30H38N2O5/c1-21(31-13-11-22-7-9-27(34)26(17-22)20-33)15-24-5-4-6-25(16-24)19-30(35)32-14-12-23-8-10-28(36-2)29(18-23)37-3/h4-10,16-18,21,31,33-34H,11-15,19-20H2,1-3H3,(H,32,35). The Kier molecular flexibility index (Phi) is 10.8. The van der Waals surface area contributed by atoms with Crippen LogP contribution in [0.2, 0.25) is 0 Å². The van der Waals surface area contributed by atoms with E-state index >= 15 is 0 Å². The Labute approximate surface area is 219 Å². The van der Waals surface area contributed by atoms with Crippen molar-refractivity contribution in [1.82, 2.24) is 10.6 Å². The van der Waals surface area contributed by atoms with Crippen molar-refractivity contribution < 1.29 is 24.5 Å². The van der Waals surface area contributed by atoms with Crippen LogP contribution in [-0.4, -0.2) is 49.5 Å². The Balaban J connectivity index is 1.42. The fourth-order valence-electron chi connectivity index (χ4n) is 4.31. The molecule has 0 aromatic heterocycles. The van der Waals surface area contributed by atoms with Crippen molar-refractivity contribution in [3.05, 3.63) is 88.5 Å². The van der Waals surface area contributed by atoms with Crippen LogP contribution in [0.4, 0.5) is 0 Å². The number of rotatable bonds is 14. The van der Waals surface area contributed by atoms with Crippen molar-refractivity contribution in [3.8, 4) is 17.2 Å². The third-order valence-electron chi connectivity index (χ3n) is 6.30. The molecule has 0 aliphatic rings. The van der Waals surface area contributed by atoms with E-state index in [9.17, 15) is 15.0 Å². The van der Waals surface area contributed by atoms with Gasteiger partial charge in [0.05, 0.1) is 27.2 Å². The zero-order chi connectivity index (χ0) is 26.6.